The Morgan fingerprint density at radius 2 is 2.32 bits per heavy atom. The lowest BCUT2D eigenvalue weighted by Gasteiger charge is -2.32. The van der Waals surface area contributed by atoms with Crippen LogP contribution in [0.5, 0.6) is 0 Å². The molecule has 19 heavy (non-hydrogen) atoms. The van der Waals surface area contributed by atoms with Crippen LogP contribution in [-0.4, -0.2) is 37.2 Å². The Morgan fingerprint density at radius 3 is 2.89 bits per heavy atom. The highest BCUT2D eigenvalue weighted by molar-refractivity contribution is 9.10. The van der Waals surface area contributed by atoms with Crippen molar-refractivity contribution in [3.05, 3.63) is 20.8 Å². The van der Waals surface area contributed by atoms with Crippen molar-refractivity contribution in [3.63, 3.8) is 0 Å². The van der Waals surface area contributed by atoms with Crippen molar-refractivity contribution in [1.29, 1.82) is 0 Å². The van der Waals surface area contributed by atoms with Gasteiger partial charge in [0.05, 0.1) is 0 Å². The fourth-order valence-corrected chi connectivity index (χ4v) is 5.38. The van der Waals surface area contributed by atoms with Gasteiger partial charge < -0.3 is 0 Å². The lowest BCUT2D eigenvalue weighted by molar-refractivity contribution is 0.263. The highest BCUT2D eigenvalue weighted by Gasteiger charge is 2.30. The maximum atomic E-state index is 12.5. The molecule has 1 unspecified atom stereocenters. The van der Waals surface area contributed by atoms with E-state index in [-0.39, 0.29) is 0 Å². The zero-order valence-electron chi connectivity index (χ0n) is 11.2. The van der Waals surface area contributed by atoms with Crippen LogP contribution in [-0.2, 0) is 16.8 Å². The van der Waals surface area contributed by atoms with E-state index in [1.54, 1.807) is 22.7 Å². The molecule has 7 heteroatoms. The molecule has 2 heterocycles. The third-order valence-corrected chi connectivity index (χ3v) is 6.92. The third-order valence-electron chi connectivity index (χ3n) is 3.34. The average Bonchev–Trinajstić information content (AvgIpc) is 2.74. The zero-order valence-corrected chi connectivity index (χ0v) is 14.4. The first-order chi connectivity index (χ1) is 8.89. The van der Waals surface area contributed by atoms with Gasteiger partial charge in [-0.05, 0) is 40.8 Å². The molecule has 0 N–H and O–H groups in total. The SMILES string of the molecule is CC1CCCN(S(=O)(=O)N(C)Cc2cc(Br)cs2)C1. The number of thiophene rings is 1. The number of halogens is 1. The summed E-state index contributed by atoms with van der Waals surface area (Å²) in [7, 11) is -1.67. The predicted molar refractivity (Wildman–Crippen MR) is 82.4 cm³/mol. The summed E-state index contributed by atoms with van der Waals surface area (Å²) < 4.78 is 29.0. The summed E-state index contributed by atoms with van der Waals surface area (Å²) in [6.07, 6.45) is 2.08. The standard InChI is InChI=1S/C12H19BrN2O2S2/c1-10-4-3-5-15(7-10)19(16,17)14(2)8-12-6-11(13)9-18-12/h6,9-10H,3-5,7-8H2,1-2H3. The molecular weight excluding hydrogens is 348 g/mol. The highest BCUT2D eigenvalue weighted by Crippen LogP contribution is 2.24. The molecule has 0 aromatic carbocycles. The second-order valence-corrected chi connectivity index (χ2v) is 9.05. The molecule has 1 atom stereocenters. The number of hydrogen-bond acceptors (Lipinski definition) is 3. The van der Waals surface area contributed by atoms with Crippen LogP contribution in [0.1, 0.15) is 24.6 Å². The summed E-state index contributed by atoms with van der Waals surface area (Å²) in [4.78, 5) is 1.04. The zero-order chi connectivity index (χ0) is 14.0. The van der Waals surface area contributed by atoms with Crippen molar-refractivity contribution >= 4 is 37.5 Å². The maximum Gasteiger partial charge on any atom is 0.282 e. The lowest BCUT2D eigenvalue weighted by Crippen LogP contribution is -2.45. The fourth-order valence-electron chi connectivity index (χ4n) is 2.29. The van der Waals surface area contributed by atoms with E-state index in [0.29, 0.717) is 25.6 Å². The minimum Gasteiger partial charge on any atom is -0.195 e. The van der Waals surface area contributed by atoms with Crippen LogP contribution in [0.4, 0.5) is 0 Å². The molecule has 0 saturated carbocycles. The van der Waals surface area contributed by atoms with Crippen molar-refractivity contribution in [2.45, 2.75) is 26.3 Å². The normalized spacial score (nSPS) is 22.0. The van der Waals surface area contributed by atoms with Crippen molar-refractivity contribution in [2.24, 2.45) is 5.92 Å². The lowest BCUT2D eigenvalue weighted by atomic mass is 10.0. The van der Waals surface area contributed by atoms with Crippen molar-refractivity contribution in [3.8, 4) is 0 Å². The molecule has 1 aliphatic heterocycles. The van der Waals surface area contributed by atoms with Crippen molar-refractivity contribution in [1.82, 2.24) is 8.61 Å². The molecule has 2 rings (SSSR count). The second-order valence-electron chi connectivity index (χ2n) is 5.10. The van der Waals surface area contributed by atoms with Crippen LogP contribution < -0.4 is 0 Å². The molecule has 1 aromatic heterocycles. The van der Waals surface area contributed by atoms with E-state index in [4.69, 9.17) is 0 Å². The number of rotatable bonds is 4. The molecule has 0 radical (unpaired) electrons. The quantitative estimate of drug-likeness (QED) is 0.821. The van der Waals surface area contributed by atoms with Crippen LogP contribution >= 0.6 is 27.3 Å². The van der Waals surface area contributed by atoms with Gasteiger partial charge in [0.2, 0.25) is 0 Å². The first-order valence-corrected chi connectivity index (χ1v) is 9.41. The van der Waals surface area contributed by atoms with Gasteiger partial charge in [-0.2, -0.15) is 17.0 Å². The Morgan fingerprint density at radius 1 is 1.58 bits per heavy atom. The predicted octanol–water partition coefficient (Wildman–Crippen LogP) is 2.92. The molecule has 1 saturated heterocycles. The number of piperidine rings is 1. The molecule has 1 aromatic rings. The van der Waals surface area contributed by atoms with Gasteiger partial charge in [-0.1, -0.05) is 6.92 Å². The summed E-state index contributed by atoms with van der Waals surface area (Å²) in [5.74, 6) is 0.452. The van der Waals surface area contributed by atoms with Crippen LogP contribution in [0.25, 0.3) is 0 Å². The molecular formula is C12H19BrN2O2S2. The Bertz CT molecular complexity index is 530. The molecule has 4 nitrogen and oxygen atoms in total. The van der Waals surface area contributed by atoms with Gasteiger partial charge >= 0.3 is 0 Å². The Hall–Kier alpha value is 0.0500. The summed E-state index contributed by atoms with van der Waals surface area (Å²) >= 11 is 4.96. The van der Waals surface area contributed by atoms with Crippen LogP contribution in [0.3, 0.4) is 0 Å². The van der Waals surface area contributed by atoms with Gasteiger partial charge in [-0.25, -0.2) is 0 Å². The second kappa shape index (κ2) is 6.22. The molecule has 0 spiro atoms. The molecule has 1 fully saturated rings. The Labute approximate surface area is 127 Å². The minimum absolute atomic E-state index is 0.434. The topological polar surface area (TPSA) is 40.6 Å². The van der Waals surface area contributed by atoms with E-state index in [0.717, 1.165) is 22.2 Å². The summed E-state index contributed by atoms with van der Waals surface area (Å²) in [5.41, 5.74) is 0. The first-order valence-electron chi connectivity index (χ1n) is 6.34. The van der Waals surface area contributed by atoms with Crippen LogP contribution in [0, 0.1) is 5.92 Å². The fraction of sp³-hybridized carbons (Fsp3) is 0.667. The summed E-state index contributed by atoms with van der Waals surface area (Å²) in [6, 6.07) is 1.97. The maximum absolute atomic E-state index is 12.5. The number of hydrogen-bond donors (Lipinski definition) is 0. The van der Waals surface area contributed by atoms with Gasteiger partial charge in [0.15, 0.2) is 0 Å². The van der Waals surface area contributed by atoms with Crippen LogP contribution in [0.15, 0.2) is 15.9 Å². The van der Waals surface area contributed by atoms with Gasteiger partial charge in [-0.15, -0.1) is 11.3 Å². The molecule has 0 amide bonds. The highest BCUT2D eigenvalue weighted by atomic mass is 79.9. The van der Waals surface area contributed by atoms with E-state index in [9.17, 15) is 8.42 Å². The molecule has 108 valence electrons. The van der Waals surface area contributed by atoms with Gasteiger partial charge in [-0.3, -0.25) is 0 Å². The minimum atomic E-state index is -3.33. The van der Waals surface area contributed by atoms with Crippen molar-refractivity contribution in [2.75, 3.05) is 20.1 Å². The van der Waals surface area contributed by atoms with E-state index >= 15 is 0 Å². The molecule has 0 aliphatic carbocycles. The Balaban J connectivity index is 2.06. The molecule has 1 aliphatic rings. The monoisotopic (exact) mass is 366 g/mol. The third kappa shape index (κ3) is 3.78. The van der Waals surface area contributed by atoms with Gasteiger partial charge in [0, 0.05) is 41.4 Å². The van der Waals surface area contributed by atoms with Gasteiger partial charge in [0.1, 0.15) is 0 Å². The summed E-state index contributed by atoms with van der Waals surface area (Å²) in [5, 5.41) is 1.97. The molecule has 0 bridgehead atoms. The van der Waals surface area contributed by atoms with E-state index in [2.05, 4.69) is 22.9 Å². The van der Waals surface area contributed by atoms with E-state index in [1.165, 1.54) is 4.31 Å². The summed E-state index contributed by atoms with van der Waals surface area (Å²) in [6.45, 7) is 3.83. The van der Waals surface area contributed by atoms with E-state index < -0.39 is 10.2 Å². The Kier molecular flexibility index (Phi) is 5.05. The smallest absolute Gasteiger partial charge is 0.195 e. The first kappa shape index (κ1) is 15.4. The van der Waals surface area contributed by atoms with Gasteiger partial charge in [0.25, 0.3) is 10.2 Å². The van der Waals surface area contributed by atoms with Crippen molar-refractivity contribution < 1.29 is 8.42 Å². The largest absolute Gasteiger partial charge is 0.282 e. The van der Waals surface area contributed by atoms with E-state index in [1.807, 2.05) is 11.4 Å². The average molecular weight is 367 g/mol. The van der Waals surface area contributed by atoms with Crippen LogP contribution in [0.2, 0.25) is 0 Å². The number of nitrogens with zero attached hydrogens (tertiary/aromatic N) is 2.